The van der Waals surface area contributed by atoms with Crippen LogP contribution in [0.5, 0.6) is 0 Å². The third-order valence-electron chi connectivity index (χ3n) is 5.04. The second-order valence-corrected chi connectivity index (χ2v) is 8.10. The quantitative estimate of drug-likeness (QED) is 0.616. The zero-order valence-corrected chi connectivity index (χ0v) is 18.5. The number of carbonyl (C=O) groups is 2. The lowest BCUT2D eigenvalue weighted by Crippen LogP contribution is -2.49. The SMILES string of the molecule is O=C(NCCCC(=O)N1CCN(c2ncc(C(F)(F)F)cc2Cl)CC1)c1ccc(Cl)cc1. The van der Waals surface area contributed by atoms with Crippen molar-refractivity contribution in [3.63, 3.8) is 0 Å². The van der Waals surface area contributed by atoms with Crippen molar-refractivity contribution >= 4 is 40.8 Å². The molecule has 0 unspecified atom stereocenters. The van der Waals surface area contributed by atoms with Crippen molar-refractivity contribution in [3.05, 3.63) is 57.7 Å². The van der Waals surface area contributed by atoms with Crippen LogP contribution >= 0.6 is 23.2 Å². The number of pyridine rings is 1. The fraction of sp³-hybridized carbons (Fsp3) is 0.381. The second kappa shape index (κ2) is 10.4. The van der Waals surface area contributed by atoms with Gasteiger partial charge in [0.25, 0.3) is 5.91 Å². The van der Waals surface area contributed by atoms with Crippen LogP contribution in [0.2, 0.25) is 10.0 Å². The lowest BCUT2D eigenvalue weighted by Gasteiger charge is -2.36. The highest BCUT2D eigenvalue weighted by Gasteiger charge is 2.32. The van der Waals surface area contributed by atoms with Crippen molar-refractivity contribution in [1.82, 2.24) is 15.2 Å². The van der Waals surface area contributed by atoms with Gasteiger partial charge in [-0.3, -0.25) is 9.59 Å². The van der Waals surface area contributed by atoms with Gasteiger partial charge in [0, 0.05) is 55.9 Å². The van der Waals surface area contributed by atoms with E-state index in [9.17, 15) is 22.8 Å². The predicted octanol–water partition coefficient (Wildman–Crippen LogP) is 4.27. The number of carbonyl (C=O) groups excluding carboxylic acids is 2. The Kier molecular flexibility index (Phi) is 7.84. The molecular weight excluding hydrogens is 468 g/mol. The number of benzene rings is 1. The van der Waals surface area contributed by atoms with Crippen molar-refractivity contribution in [2.24, 2.45) is 0 Å². The first-order chi connectivity index (χ1) is 15.1. The molecule has 1 fully saturated rings. The maximum absolute atomic E-state index is 12.8. The molecule has 2 aromatic rings. The first-order valence-corrected chi connectivity index (χ1v) is 10.7. The molecule has 1 aliphatic rings. The highest BCUT2D eigenvalue weighted by atomic mass is 35.5. The Bertz CT molecular complexity index is 963. The largest absolute Gasteiger partial charge is 0.417 e. The number of aromatic nitrogens is 1. The van der Waals surface area contributed by atoms with Crippen molar-refractivity contribution in [2.45, 2.75) is 19.0 Å². The van der Waals surface area contributed by atoms with E-state index in [0.717, 1.165) is 12.3 Å². The van der Waals surface area contributed by atoms with Gasteiger partial charge in [0.2, 0.25) is 5.91 Å². The Morgan fingerprint density at radius 1 is 1.06 bits per heavy atom. The van der Waals surface area contributed by atoms with Crippen LogP contribution in [0.25, 0.3) is 0 Å². The van der Waals surface area contributed by atoms with E-state index in [1.54, 1.807) is 34.1 Å². The molecule has 2 amide bonds. The summed E-state index contributed by atoms with van der Waals surface area (Å²) in [5, 5.41) is 3.23. The molecule has 3 rings (SSSR count). The summed E-state index contributed by atoms with van der Waals surface area (Å²) in [6.45, 7) is 2.01. The predicted molar refractivity (Wildman–Crippen MR) is 116 cm³/mol. The minimum Gasteiger partial charge on any atom is -0.352 e. The lowest BCUT2D eigenvalue weighted by molar-refractivity contribution is -0.137. The monoisotopic (exact) mass is 488 g/mol. The first-order valence-electron chi connectivity index (χ1n) is 9.94. The molecule has 1 N–H and O–H groups in total. The summed E-state index contributed by atoms with van der Waals surface area (Å²) in [5.41, 5.74) is -0.407. The number of hydrogen-bond donors (Lipinski definition) is 1. The topological polar surface area (TPSA) is 65.5 Å². The Morgan fingerprint density at radius 3 is 2.31 bits per heavy atom. The molecule has 2 heterocycles. The number of rotatable bonds is 6. The summed E-state index contributed by atoms with van der Waals surface area (Å²) in [7, 11) is 0. The van der Waals surface area contributed by atoms with Crippen LogP contribution in [0, 0.1) is 0 Å². The van der Waals surface area contributed by atoms with E-state index in [4.69, 9.17) is 23.2 Å². The van der Waals surface area contributed by atoms with E-state index in [2.05, 4.69) is 10.3 Å². The number of piperazine rings is 1. The Hall–Kier alpha value is -2.52. The van der Waals surface area contributed by atoms with Crippen LogP contribution in [0.1, 0.15) is 28.8 Å². The van der Waals surface area contributed by atoms with Crippen molar-refractivity contribution < 1.29 is 22.8 Å². The molecule has 1 aromatic heterocycles. The van der Waals surface area contributed by atoms with E-state index >= 15 is 0 Å². The molecule has 1 aromatic carbocycles. The van der Waals surface area contributed by atoms with Crippen molar-refractivity contribution in [1.29, 1.82) is 0 Å². The average Bonchev–Trinajstić information content (AvgIpc) is 2.76. The number of alkyl halides is 3. The van der Waals surface area contributed by atoms with Crippen LogP contribution in [0.15, 0.2) is 36.5 Å². The highest BCUT2D eigenvalue weighted by Crippen LogP contribution is 2.33. The average molecular weight is 489 g/mol. The minimum absolute atomic E-state index is 0.0446. The molecule has 1 saturated heterocycles. The molecule has 0 spiro atoms. The van der Waals surface area contributed by atoms with Crippen molar-refractivity contribution in [3.8, 4) is 0 Å². The van der Waals surface area contributed by atoms with Crippen molar-refractivity contribution in [2.75, 3.05) is 37.6 Å². The van der Waals surface area contributed by atoms with Gasteiger partial charge in [-0.1, -0.05) is 23.2 Å². The summed E-state index contributed by atoms with van der Waals surface area (Å²) in [5.74, 6) is -0.00260. The standard InChI is InChI=1S/C21H21Cl2F3N4O2/c22-16-5-3-14(4-6-16)20(32)27-7-1-2-18(31)29-8-10-30(11-9-29)19-17(23)12-15(13-28-19)21(24,25)26/h3-6,12-13H,1-2,7-11H2,(H,27,32). The number of amides is 2. The second-order valence-electron chi connectivity index (χ2n) is 7.26. The fourth-order valence-electron chi connectivity index (χ4n) is 3.29. The molecule has 11 heteroatoms. The Balaban J connectivity index is 1.42. The van der Waals surface area contributed by atoms with Crippen LogP contribution in [0.3, 0.4) is 0 Å². The summed E-state index contributed by atoms with van der Waals surface area (Å²) in [6, 6.07) is 7.37. The van der Waals surface area contributed by atoms with Gasteiger partial charge >= 0.3 is 6.18 Å². The first kappa shape index (κ1) is 24.1. The van der Waals surface area contributed by atoms with Gasteiger partial charge in [0.1, 0.15) is 5.82 Å². The maximum Gasteiger partial charge on any atom is 0.417 e. The molecule has 172 valence electrons. The van der Waals surface area contributed by atoms with E-state index < -0.39 is 11.7 Å². The molecule has 0 saturated carbocycles. The van der Waals surface area contributed by atoms with Gasteiger partial charge < -0.3 is 15.1 Å². The van der Waals surface area contributed by atoms with Gasteiger partial charge in [-0.05, 0) is 36.8 Å². The van der Waals surface area contributed by atoms with E-state index in [0.29, 0.717) is 49.7 Å². The molecule has 0 radical (unpaired) electrons. The maximum atomic E-state index is 12.8. The van der Waals surface area contributed by atoms with Crippen LogP contribution in [0.4, 0.5) is 19.0 Å². The van der Waals surface area contributed by atoms with E-state index in [1.807, 2.05) is 0 Å². The summed E-state index contributed by atoms with van der Waals surface area (Å²) >= 11 is 11.8. The summed E-state index contributed by atoms with van der Waals surface area (Å²) in [4.78, 5) is 31.8. The number of hydrogen-bond acceptors (Lipinski definition) is 4. The van der Waals surface area contributed by atoms with Gasteiger partial charge in [0.05, 0.1) is 10.6 Å². The number of nitrogens with one attached hydrogen (secondary N) is 1. The van der Waals surface area contributed by atoms with Gasteiger partial charge in [-0.2, -0.15) is 13.2 Å². The van der Waals surface area contributed by atoms with Gasteiger partial charge in [-0.25, -0.2) is 4.98 Å². The molecule has 0 bridgehead atoms. The number of anilines is 1. The lowest BCUT2D eigenvalue weighted by atomic mass is 10.2. The van der Waals surface area contributed by atoms with Crippen LogP contribution in [-0.2, 0) is 11.0 Å². The molecule has 1 aliphatic heterocycles. The minimum atomic E-state index is -4.51. The van der Waals surface area contributed by atoms with E-state index in [1.165, 1.54) is 0 Å². The smallest absolute Gasteiger partial charge is 0.352 e. The van der Waals surface area contributed by atoms with Crippen LogP contribution < -0.4 is 10.2 Å². The zero-order valence-electron chi connectivity index (χ0n) is 17.0. The Labute approximate surface area is 193 Å². The van der Waals surface area contributed by atoms with Crippen LogP contribution in [-0.4, -0.2) is 54.4 Å². The highest BCUT2D eigenvalue weighted by molar-refractivity contribution is 6.33. The molecule has 0 atom stereocenters. The normalized spacial score (nSPS) is 14.4. The molecule has 0 aliphatic carbocycles. The third kappa shape index (κ3) is 6.26. The number of halogens is 5. The van der Waals surface area contributed by atoms with Gasteiger partial charge in [-0.15, -0.1) is 0 Å². The third-order valence-corrected chi connectivity index (χ3v) is 5.57. The fourth-order valence-corrected chi connectivity index (χ4v) is 3.70. The number of nitrogens with zero attached hydrogens (tertiary/aromatic N) is 3. The molecule has 6 nitrogen and oxygen atoms in total. The van der Waals surface area contributed by atoms with Gasteiger partial charge in [0.15, 0.2) is 0 Å². The molecular formula is C21H21Cl2F3N4O2. The summed E-state index contributed by atoms with van der Waals surface area (Å²) in [6.07, 6.45) is -2.98. The van der Waals surface area contributed by atoms with E-state index in [-0.39, 0.29) is 29.1 Å². The Morgan fingerprint density at radius 2 is 1.72 bits per heavy atom. The summed E-state index contributed by atoms with van der Waals surface area (Å²) < 4.78 is 38.3. The molecule has 32 heavy (non-hydrogen) atoms. The zero-order chi connectivity index (χ0) is 23.3.